The lowest BCUT2D eigenvalue weighted by Gasteiger charge is -2.18. The molecule has 1 rings (SSSR count). The SMILES string of the molecule is O=C(O)[C@](F)(Cl)C(F)c1ccccc1F. The van der Waals surface area contributed by atoms with Crippen molar-refractivity contribution < 1.29 is 23.1 Å². The molecule has 1 unspecified atom stereocenters. The summed E-state index contributed by atoms with van der Waals surface area (Å²) in [6, 6.07) is 4.33. The number of rotatable bonds is 3. The number of carbonyl (C=O) groups is 1. The number of halogens is 4. The van der Waals surface area contributed by atoms with Crippen LogP contribution in [0.15, 0.2) is 24.3 Å². The van der Waals surface area contributed by atoms with Gasteiger partial charge in [0.25, 0.3) is 0 Å². The Morgan fingerprint density at radius 1 is 1.47 bits per heavy atom. The molecule has 0 aliphatic heterocycles. The highest BCUT2D eigenvalue weighted by molar-refractivity contribution is 6.32. The van der Waals surface area contributed by atoms with Crippen LogP contribution in [0.3, 0.4) is 0 Å². The minimum Gasteiger partial charge on any atom is -0.478 e. The molecule has 0 saturated heterocycles. The smallest absolute Gasteiger partial charge is 0.360 e. The fourth-order valence-electron chi connectivity index (χ4n) is 0.984. The molecule has 1 aromatic rings. The number of carboxylic acids is 1. The fraction of sp³-hybridized carbons (Fsp3) is 0.222. The van der Waals surface area contributed by atoms with Gasteiger partial charge in [-0.3, -0.25) is 0 Å². The minimum absolute atomic E-state index is 0.725. The van der Waals surface area contributed by atoms with E-state index in [4.69, 9.17) is 16.7 Å². The normalized spacial score (nSPS) is 16.8. The van der Waals surface area contributed by atoms with Crippen LogP contribution in [-0.4, -0.2) is 16.2 Å². The van der Waals surface area contributed by atoms with Crippen molar-refractivity contribution in [1.82, 2.24) is 0 Å². The Kier molecular flexibility index (Phi) is 3.24. The molecule has 0 spiro atoms. The van der Waals surface area contributed by atoms with E-state index >= 15 is 0 Å². The maximum absolute atomic E-state index is 13.3. The van der Waals surface area contributed by atoms with Crippen LogP contribution in [0.5, 0.6) is 0 Å². The zero-order valence-corrected chi connectivity index (χ0v) is 8.01. The number of carboxylic acid groups (broad SMARTS) is 1. The van der Waals surface area contributed by atoms with Gasteiger partial charge in [0.1, 0.15) is 5.82 Å². The number of benzene rings is 1. The first-order valence-corrected chi connectivity index (χ1v) is 4.25. The maximum atomic E-state index is 13.3. The summed E-state index contributed by atoms with van der Waals surface area (Å²) in [5.41, 5.74) is -0.725. The molecule has 15 heavy (non-hydrogen) atoms. The Labute approximate surface area is 88.3 Å². The zero-order chi connectivity index (χ0) is 11.6. The topological polar surface area (TPSA) is 37.3 Å². The highest BCUT2D eigenvalue weighted by Gasteiger charge is 2.47. The number of hydrogen-bond acceptors (Lipinski definition) is 1. The van der Waals surface area contributed by atoms with Crippen LogP contribution in [0.1, 0.15) is 11.7 Å². The van der Waals surface area contributed by atoms with Crippen molar-refractivity contribution in [2.45, 2.75) is 11.3 Å². The van der Waals surface area contributed by atoms with Crippen molar-refractivity contribution in [1.29, 1.82) is 0 Å². The van der Waals surface area contributed by atoms with E-state index < -0.39 is 28.6 Å². The summed E-state index contributed by atoms with van der Waals surface area (Å²) in [7, 11) is 0. The van der Waals surface area contributed by atoms with Gasteiger partial charge in [-0.05, 0) is 6.07 Å². The molecule has 6 heteroatoms. The molecule has 0 aromatic heterocycles. The van der Waals surface area contributed by atoms with Gasteiger partial charge >= 0.3 is 11.1 Å². The second kappa shape index (κ2) is 4.10. The van der Waals surface area contributed by atoms with Crippen LogP contribution in [0.2, 0.25) is 0 Å². The molecule has 2 atom stereocenters. The Morgan fingerprint density at radius 2 is 2.00 bits per heavy atom. The molecule has 0 aliphatic rings. The lowest BCUT2D eigenvalue weighted by atomic mass is 10.1. The van der Waals surface area contributed by atoms with Crippen LogP contribution in [0.25, 0.3) is 0 Å². The van der Waals surface area contributed by atoms with E-state index in [0.29, 0.717) is 0 Å². The predicted molar refractivity (Wildman–Crippen MR) is 47.6 cm³/mol. The lowest BCUT2D eigenvalue weighted by molar-refractivity contribution is -0.148. The van der Waals surface area contributed by atoms with Crippen molar-refractivity contribution in [3.8, 4) is 0 Å². The molecule has 0 amide bonds. The second-order valence-corrected chi connectivity index (χ2v) is 3.36. The first-order valence-electron chi connectivity index (χ1n) is 3.87. The average Bonchev–Trinajstić information content (AvgIpc) is 2.17. The lowest BCUT2D eigenvalue weighted by Crippen LogP contribution is -2.32. The third kappa shape index (κ3) is 2.23. The third-order valence-corrected chi connectivity index (χ3v) is 2.13. The van der Waals surface area contributed by atoms with Gasteiger partial charge in [0, 0.05) is 5.56 Å². The second-order valence-electron chi connectivity index (χ2n) is 2.81. The Hall–Kier alpha value is -1.23. The van der Waals surface area contributed by atoms with E-state index in [9.17, 15) is 18.0 Å². The van der Waals surface area contributed by atoms with Gasteiger partial charge in [-0.1, -0.05) is 29.8 Å². The van der Waals surface area contributed by atoms with Crippen molar-refractivity contribution in [3.63, 3.8) is 0 Å². The predicted octanol–water partition coefficient (Wildman–Crippen LogP) is 2.83. The summed E-state index contributed by atoms with van der Waals surface area (Å²) in [6.45, 7) is 0. The van der Waals surface area contributed by atoms with Crippen LogP contribution >= 0.6 is 11.6 Å². The van der Waals surface area contributed by atoms with E-state index in [-0.39, 0.29) is 0 Å². The van der Waals surface area contributed by atoms with Gasteiger partial charge in [-0.25, -0.2) is 18.0 Å². The molecule has 0 radical (unpaired) electrons. The first kappa shape index (κ1) is 11.8. The van der Waals surface area contributed by atoms with Gasteiger partial charge < -0.3 is 5.11 Å². The van der Waals surface area contributed by atoms with E-state index in [1.807, 2.05) is 0 Å². The largest absolute Gasteiger partial charge is 0.478 e. The van der Waals surface area contributed by atoms with Gasteiger partial charge in [-0.15, -0.1) is 0 Å². The molecule has 0 aliphatic carbocycles. The van der Waals surface area contributed by atoms with E-state index in [0.717, 1.165) is 12.1 Å². The molecule has 1 N–H and O–H groups in total. The van der Waals surface area contributed by atoms with E-state index in [1.54, 1.807) is 0 Å². The Balaban J connectivity index is 3.10. The standard InChI is InChI=1S/C9H6ClF3O2/c10-9(13,8(14)15)7(12)5-3-1-2-4-6(5)11/h1-4,7H,(H,14,15)/t7?,9-/m0/s1. The molecular weight excluding hydrogens is 233 g/mol. The van der Waals surface area contributed by atoms with Crippen molar-refractivity contribution in [2.75, 3.05) is 0 Å². The zero-order valence-electron chi connectivity index (χ0n) is 7.25. The van der Waals surface area contributed by atoms with Crippen molar-refractivity contribution in [3.05, 3.63) is 35.6 Å². The summed E-state index contributed by atoms with van der Waals surface area (Å²) in [4.78, 5) is 10.3. The van der Waals surface area contributed by atoms with Gasteiger partial charge in [-0.2, -0.15) is 0 Å². The van der Waals surface area contributed by atoms with E-state index in [1.165, 1.54) is 12.1 Å². The molecule has 1 aromatic carbocycles. The summed E-state index contributed by atoms with van der Waals surface area (Å²) in [5, 5.41) is 4.63. The monoisotopic (exact) mass is 238 g/mol. The summed E-state index contributed by atoms with van der Waals surface area (Å²) in [5.74, 6) is -3.24. The van der Waals surface area contributed by atoms with Crippen LogP contribution in [0.4, 0.5) is 13.2 Å². The molecule has 0 fully saturated rings. The average molecular weight is 239 g/mol. The molecule has 2 nitrogen and oxygen atoms in total. The molecule has 0 bridgehead atoms. The highest BCUT2D eigenvalue weighted by atomic mass is 35.5. The maximum Gasteiger partial charge on any atom is 0.360 e. The molecule has 0 saturated carbocycles. The molecular formula is C9H6ClF3O2. The number of aliphatic carboxylic acids is 1. The number of hydrogen-bond donors (Lipinski definition) is 1. The minimum atomic E-state index is -3.66. The van der Waals surface area contributed by atoms with Gasteiger partial charge in [0.15, 0.2) is 6.17 Å². The first-order chi connectivity index (χ1) is 6.87. The third-order valence-electron chi connectivity index (χ3n) is 1.78. The van der Waals surface area contributed by atoms with Crippen LogP contribution in [0, 0.1) is 5.82 Å². The summed E-state index contributed by atoms with van der Waals surface area (Å²) < 4.78 is 39.4. The van der Waals surface area contributed by atoms with Crippen LogP contribution < -0.4 is 0 Å². The Bertz CT molecular complexity index is 381. The van der Waals surface area contributed by atoms with Crippen molar-refractivity contribution in [2.24, 2.45) is 0 Å². The van der Waals surface area contributed by atoms with Gasteiger partial charge in [0.05, 0.1) is 0 Å². The van der Waals surface area contributed by atoms with Crippen molar-refractivity contribution >= 4 is 17.6 Å². The quantitative estimate of drug-likeness (QED) is 0.822. The highest BCUT2D eigenvalue weighted by Crippen LogP contribution is 2.38. The fourth-order valence-corrected chi connectivity index (χ4v) is 1.10. The van der Waals surface area contributed by atoms with Gasteiger partial charge in [0.2, 0.25) is 0 Å². The van der Waals surface area contributed by atoms with E-state index in [2.05, 4.69) is 0 Å². The summed E-state index contributed by atoms with van der Waals surface area (Å²) >= 11 is 4.82. The van der Waals surface area contributed by atoms with Crippen LogP contribution in [-0.2, 0) is 4.79 Å². The molecule has 82 valence electrons. The summed E-state index contributed by atoms with van der Waals surface area (Å²) in [6.07, 6.45) is -2.77. The molecule has 0 heterocycles. The Morgan fingerprint density at radius 3 is 2.47 bits per heavy atom. The number of alkyl halides is 3.